The Kier molecular flexibility index (Phi) is 13.1. The van der Waals surface area contributed by atoms with Gasteiger partial charge in [-0.2, -0.15) is 0 Å². The molecule has 4 N–H and O–H groups in total. The molecule has 3 amide bonds. The molecule has 0 spiro atoms. The molecule has 0 aromatic heterocycles. The molecule has 4 aliphatic rings. The van der Waals surface area contributed by atoms with E-state index >= 15 is 0 Å². The summed E-state index contributed by atoms with van der Waals surface area (Å²) in [6.45, 7) is 14.4. The standard InChI is InChI=1S/C37H60N4O6/c1-7-8-19-27(32(42)34(44)38-21-20-24-15-11-9-12-16-24)39-33(43)31-29-26(28(29)23(2)3)22-41(31)35(45)30(25-17-13-10-14-18-25)40-36(46)47-37(4,5)6/h7,15,23,25-31,35,45H,1,8-14,16-22H2,2-6H3,(H,38,44)(H,39,43)(H,40,46)/t26?,27?,28?,29?,30-,31?,35?/m0/s1. The molecule has 0 bridgehead atoms. The smallest absolute Gasteiger partial charge is 0.408 e. The Balaban J connectivity index is 1.49. The van der Waals surface area contributed by atoms with Gasteiger partial charge in [0.05, 0.1) is 18.1 Å². The third-order valence-electron chi connectivity index (χ3n) is 10.6. The molecule has 2 saturated carbocycles. The van der Waals surface area contributed by atoms with Gasteiger partial charge in [-0.25, -0.2) is 4.79 Å². The summed E-state index contributed by atoms with van der Waals surface area (Å²) in [7, 11) is 0. The van der Waals surface area contributed by atoms with Crippen LogP contribution in [0.5, 0.6) is 0 Å². The summed E-state index contributed by atoms with van der Waals surface area (Å²) in [6.07, 6.45) is 13.0. The average molecular weight is 657 g/mol. The normalized spacial score (nSPS) is 26.7. The predicted octanol–water partition coefficient (Wildman–Crippen LogP) is 5.01. The largest absolute Gasteiger partial charge is 0.444 e. The summed E-state index contributed by atoms with van der Waals surface area (Å²) in [5.74, 6) is -0.744. The molecule has 3 aliphatic carbocycles. The molecule has 10 nitrogen and oxygen atoms in total. The summed E-state index contributed by atoms with van der Waals surface area (Å²) >= 11 is 0. The van der Waals surface area contributed by atoms with Crippen LogP contribution in [0.3, 0.4) is 0 Å². The molecule has 264 valence electrons. The van der Waals surface area contributed by atoms with Gasteiger partial charge in [-0.05, 0) is 108 Å². The van der Waals surface area contributed by atoms with Crippen LogP contribution < -0.4 is 16.0 Å². The quantitative estimate of drug-likeness (QED) is 0.144. The van der Waals surface area contributed by atoms with Gasteiger partial charge in [-0.1, -0.05) is 50.8 Å². The SMILES string of the molecule is C=CCCC(NC(=O)C1C2C(CN1C(O)[C@@H](NC(=O)OC(C)(C)C)C1CCCCC1)C2C(C)C)C(=O)C(=O)NCCC1=CCCCC1. The van der Waals surface area contributed by atoms with Gasteiger partial charge >= 0.3 is 6.09 Å². The van der Waals surface area contributed by atoms with Crippen molar-refractivity contribution < 1.29 is 29.0 Å². The number of rotatable bonds is 15. The van der Waals surface area contributed by atoms with Crippen LogP contribution in [0.2, 0.25) is 0 Å². The van der Waals surface area contributed by atoms with Gasteiger partial charge in [-0.3, -0.25) is 19.3 Å². The van der Waals surface area contributed by atoms with Crippen LogP contribution in [0.25, 0.3) is 0 Å². The summed E-state index contributed by atoms with van der Waals surface area (Å²) in [5.41, 5.74) is 0.618. The molecule has 47 heavy (non-hydrogen) atoms. The number of hydrogen-bond donors (Lipinski definition) is 4. The monoisotopic (exact) mass is 656 g/mol. The number of nitrogens with zero attached hydrogens (tertiary/aromatic N) is 1. The highest BCUT2D eigenvalue weighted by atomic mass is 16.6. The van der Waals surface area contributed by atoms with E-state index in [1.54, 1.807) is 26.8 Å². The Labute approximate surface area is 281 Å². The molecule has 1 saturated heterocycles. The third-order valence-corrected chi connectivity index (χ3v) is 10.6. The number of carbonyl (C=O) groups excluding carboxylic acids is 4. The van der Waals surface area contributed by atoms with Gasteiger partial charge in [0.15, 0.2) is 0 Å². The number of piperidine rings is 1. The van der Waals surface area contributed by atoms with Crippen LogP contribution in [0, 0.1) is 29.6 Å². The highest BCUT2D eigenvalue weighted by molar-refractivity contribution is 6.38. The number of ketones is 1. The molecule has 6 unspecified atom stereocenters. The topological polar surface area (TPSA) is 137 Å². The predicted molar refractivity (Wildman–Crippen MR) is 182 cm³/mol. The first-order valence-electron chi connectivity index (χ1n) is 18.2. The van der Waals surface area contributed by atoms with E-state index in [4.69, 9.17) is 4.74 Å². The Morgan fingerprint density at radius 1 is 1.09 bits per heavy atom. The second-order valence-corrected chi connectivity index (χ2v) is 15.6. The Bertz CT molecular complexity index is 1160. The summed E-state index contributed by atoms with van der Waals surface area (Å²) in [4.78, 5) is 55.4. The van der Waals surface area contributed by atoms with E-state index in [-0.39, 0.29) is 30.1 Å². The van der Waals surface area contributed by atoms with E-state index in [9.17, 15) is 24.3 Å². The summed E-state index contributed by atoms with van der Waals surface area (Å²) in [6, 6.07) is -2.30. The molecular weight excluding hydrogens is 596 g/mol. The van der Waals surface area contributed by atoms with Crippen molar-refractivity contribution in [2.45, 2.75) is 142 Å². The van der Waals surface area contributed by atoms with Gasteiger partial charge in [-0.15, -0.1) is 6.58 Å². The number of alkyl carbamates (subject to hydrolysis) is 1. The lowest BCUT2D eigenvalue weighted by Gasteiger charge is -2.41. The van der Waals surface area contributed by atoms with Crippen molar-refractivity contribution >= 4 is 23.7 Å². The maximum atomic E-state index is 14.2. The van der Waals surface area contributed by atoms with Gasteiger partial charge in [0.1, 0.15) is 11.8 Å². The lowest BCUT2D eigenvalue weighted by atomic mass is 9.82. The lowest BCUT2D eigenvalue weighted by molar-refractivity contribution is -0.142. The van der Waals surface area contributed by atoms with E-state index in [1.165, 1.54) is 12.0 Å². The number of Topliss-reactive ketones (excluding diaryl/α,β-unsaturated/α-hetero) is 1. The van der Waals surface area contributed by atoms with Crippen LogP contribution in [0.1, 0.15) is 112 Å². The van der Waals surface area contributed by atoms with Gasteiger partial charge in [0.2, 0.25) is 11.7 Å². The lowest BCUT2D eigenvalue weighted by Crippen LogP contribution is -2.61. The highest BCUT2D eigenvalue weighted by Crippen LogP contribution is 2.59. The first-order valence-corrected chi connectivity index (χ1v) is 18.2. The van der Waals surface area contributed by atoms with Crippen molar-refractivity contribution in [3.05, 3.63) is 24.3 Å². The first kappa shape index (κ1) is 37.1. The molecule has 0 radical (unpaired) electrons. The average Bonchev–Trinajstić information content (AvgIpc) is 3.61. The Morgan fingerprint density at radius 3 is 2.43 bits per heavy atom. The van der Waals surface area contributed by atoms with Crippen LogP contribution >= 0.6 is 0 Å². The van der Waals surface area contributed by atoms with Crippen molar-refractivity contribution in [2.75, 3.05) is 13.1 Å². The second-order valence-electron chi connectivity index (χ2n) is 15.6. The number of carbonyl (C=O) groups is 4. The van der Waals surface area contributed by atoms with Crippen molar-refractivity contribution in [3.8, 4) is 0 Å². The third kappa shape index (κ3) is 9.91. The molecule has 4 rings (SSSR count). The molecule has 1 aliphatic heterocycles. The van der Waals surface area contributed by atoms with Crippen molar-refractivity contribution in [2.24, 2.45) is 29.6 Å². The zero-order valence-electron chi connectivity index (χ0n) is 29.4. The fourth-order valence-electron chi connectivity index (χ4n) is 8.33. The molecule has 0 aromatic rings. The number of aliphatic hydroxyl groups is 1. The first-order chi connectivity index (χ1) is 22.3. The number of nitrogens with one attached hydrogen (secondary N) is 3. The second kappa shape index (κ2) is 16.6. The highest BCUT2D eigenvalue weighted by Gasteiger charge is 2.65. The van der Waals surface area contributed by atoms with E-state index < -0.39 is 47.7 Å². The van der Waals surface area contributed by atoms with E-state index in [0.717, 1.165) is 57.8 Å². The Hall–Kier alpha value is -2.72. The number of aliphatic hydroxyl groups excluding tert-OH is 1. The number of amides is 3. The minimum absolute atomic E-state index is 0.0194. The van der Waals surface area contributed by atoms with Crippen LogP contribution in [-0.2, 0) is 19.1 Å². The Morgan fingerprint density at radius 2 is 1.81 bits per heavy atom. The van der Waals surface area contributed by atoms with Crippen LogP contribution in [-0.4, -0.2) is 76.7 Å². The number of fused-ring (bicyclic) bond motifs is 1. The van der Waals surface area contributed by atoms with E-state index in [0.29, 0.717) is 31.3 Å². The van der Waals surface area contributed by atoms with Crippen LogP contribution in [0.4, 0.5) is 4.79 Å². The molecule has 7 atom stereocenters. The fraction of sp³-hybridized carbons (Fsp3) is 0.784. The molecule has 3 fully saturated rings. The maximum absolute atomic E-state index is 14.2. The number of hydrogen-bond acceptors (Lipinski definition) is 7. The summed E-state index contributed by atoms with van der Waals surface area (Å²) in [5, 5.41) is 20.7. The molecule has 10 heteroatoms. The van der Waals surface area contributed by atoms with Crippen LogP contribution in [0.15, 0.2) is 24.3 Å². The van der Waals surface area contributed by atoms with E-state index in [2.05, 4.69) is 42.5 Å². The van der Waals surface area contributed by atoms with Gasteiger partial charge in [0.25, 0.3) is 5.91 Å². The van der Waals surface area contributed by atoms with Gasteiger partial charge in [0, 0.05) is 13.1 Å². The molecular formula is C37H60N4O6. The van der Waals surface area contributed by atoms with Gasteiger partial charge < -0.3 is 25.8 Å². The van der Waals surface area contributed by atoms with E-state index in [1.807, 2.05) is 4.90 Å². The molecule has 0 aromatic carbocycles. The van der Waals surface area contributed by atoms with Crippen molar-refractivity contribution in [1.82, 2.24) is 20.9 Å². The fourth-order valence-corrected chi connectivity index (χ4v) is 8.33. The number of ether oxygens (including phenoxy) is 1. The number of likely N-dealkylation sites (tertiary alicyclic amines) is 1. The summed E-state index contributed by atoms with van der Waals surface area (Å²) < 4.78 is 5.58. The zero-order chi connectivity index (χ0) is 34.3. The maximum Gasteiger partial charge on any atom is 0.408 e. The van der Waals surface area contributed by atoms with Crippen molar-refractivity contribution in [1.29, 1.82) is 0 Å². The minimum atomic E-state index is -1.11. The minimum Gasteiger partial charge on any atom is -0.444 e. The van der Waals surface area contributed by atoms with Crippen molar-refractivity contribution in [3.63, 3.8) is 0 Å². The zero-order valence-corrected chi connectivity index (χ0v) is 29.4. The number of allylic oxidation sites excluding steroid dienone is 2. The molecule has 1 heterocycles.